The standard InChI is InChI=1S/C26H39N5O4/c1-14(35-25(4)6-5-7-25)19(28)23(34)31-13-17-18(24(17,2)3)20(31)22(33)29-16(12-27)10-15-11-26(8-9-26)30-21(15)32/h14-20H,5-11,13,28H2,1-4H3,(H,29,33)(H,30,32)/t14-,15-,16+,17+,18+,19+,20+/m1/s1. The van der Waals surface area contributed by atoms with Crippen molar-refractivity contribution in [3.63, 3.8) is 0 Å². The predicted octanol–water partition coefficient (Wildman–Crippen LogP) is 1.21. The van der Waals surface area contributed by atoms with Gasteiger partial charge >= 0.3 is 0 Å². The van der Waals surface area contributed by atoms with Crippen LogP contribution in [-0.2, 0) is 19.1 Å². The molecule has 9 heteroatoms. The molecule has 0 bridgehead atoms. The van der Waals surface area contributed by atoms with Crippen molar-refractivity contribution in [2.45, 2.75) is 108 Å². The van der Waals surface area contributed by atoms with Gasteiger partial charge in [0.2, 0.25) is 17.7 Å². The molecule has 4 N–H and O–H groups in total. The van der Waals surface area contributed by atoms with Crippen LogP contribution in [-0.4, -0.2) is 64.5 Å². The lowest BCUT2D eigenvalue weighted by atomic mass is 9.81. The summed E-state index contributed by atoms with van der Waals surface area (Å²) in [7, 11) is 0. The Bertz CT molecular complexity index is 965. The molecule has 9 nitrogen and oxygen atoms in total. The summed E-state index contributed by atoms with van der Waals surface area (Å²) in [5, 5.41) is 15.7. The van der Waals surface area contributed by atoms with Crippen molar-refractivity contribution in [2.24, 2.45) is 28.9 Å². The Morgan fingerprint density at radius 2 is 1.97 bits per heavy atom. The van der Waals surface area contributed by atoms with Crippen LogP contribution in [0.25, 0.3) is 0 Å². The van der Waals surface area contributed by atoms with E-state index in [9.17, 15) is 19.6 Å². The summed E-state index contributed by atoms with van der Waals surface area (Å²) < 4.78 is 6.13. The molecule has 3 saturated carbocycles. The van der Waals surface area contributed by atoms with Crippen LogP contribution in [0, 0.1) is 34.5 Å². The number of piperidine rings is 1. The van der Waals surface area contributed by atoms with Crippen LogP contribution >= 0.6 is 0 Å². The summed E-state index contributed by atoms with van der Waals surface area (Å²) in [6.07, 6.45) is 5.55. The number of ether oxygens (including phenoxy) is 1. The molecule has 5 rings (SSSR count). The molecule has 2 saturated heterocycles. The highest BCUT2D eigenvalue weighted by Gasteiger charge is 2.69. The molecule has 1 spiro atoms. The lowest BCUT2D eigenvalue weighted by Gasteiger charge is -2.42. The fraction of sp³-hybridized carbons (Fsp3) is 0.846. The monoisotopic (exact) mass is 485 g/mol. The average Bonchev–Trinajstić information content (AvgIpc) is 3.50. The number of nitrogens with two attached hydrogens (primary N) is 1. The lowest BCUT2D eigenvalue weighted by molar-refractivity contribution is -0.154. The third-order valence-corrected chi connectivity index (χ3v) is 9.68. The highest BCUT2D eigenvalue weighted by molar-refractivity contribution is 5.92. The zero-order chi connectivity index (χ0) is 25.3. The molecule has 2 aliphatic heterocycles. The number of nitrogens with zero attached hydrogens (tertiary/aromatic N) is 2. The zero-order valence-electron chi connectivity index (χ0n) is 21.3. The van der Waals surface area contributed by atoms with E-state index in [-0.39, 0.29) is 58.5 Å². The Morgan fingerprint density at radius 1 is 1.29 bits per heavy atom. The zero-order valence-corrected chi connectivity index (χ0v) is 21.3. The van der Waals surface area contributed by atoms with Gasteiger partial charge in [0.1, 0.15) is 18.1 Å². The SMILES string of the molecule is C[C@@H](OC1(C)CCC1)[C@H](N)C(=O)N1C[C@H]2[C@@H]([C@H]1C(=O)N[C@H](C#N)C[C@@H]1CC3(CC3)NC1=O)C2(C)C. The van der Waals surface area contributed by atoms with Crippen molar-refractivity contribution in [2.75, 3.05) is 6.54 Å². The maximum absolute atomic E-state index is 13.5. The van der Waals surface area contributed by atoms with Gasteiger partial charge < -0.3 is 26.0 Å². The van der Waals surface area contributed by atoms with Crippen molar-refractivity contribution in [3.05, 3.63) is 0 Å². The van der Waals surface area contributed by atoms with E-state index < -0.39 is 24.2 Å². The van der Waals surface area contributed by atoms with E-state index in [0.29, 0.717) is 6.54 Å². The van der Waals surface area contributed by atoms with Gasteiger partial charge in [0.05, 0.1) is 17.8 Å². The minimum absolute atomic E-state index is 0.0295. The molecule has 5 aliphatic rings. The number of carbonyl (C=O) groups excluding carboxylic acids is 3. The summed E-state index contributed by atoms with van der Waals surface area (Å²) in [4.78, 5) is 40.9. The summed E-state index contributed by atoms with van der Waals surface area (Å²) in [5.74, 6) is -0.642. The van der Waals surface area contributed by atoms with Crippen molar-refractivity contribution < 1.29 is 19.1 Å². The molecule has 5 fully saturated rings. The minimum Gasteiger partial charge on any atom is -0.370 e. The molecule has 3 aliphatic carbocycles. The second-order valence-electron chi connectivity index (χ2n) is 12.6. The first-order chi connectivity index (χ1) is 16.4. The maximum atomic E-state index is 13.5. The van der Waals surface area contributed by atoms with Crippen LogP contribution in [0.1, 0.15) is 72.6 Å². The Morgan fingerprint density at radius 3 is 2.51 bits per heavy atom. The van der Waals surface area contributed by atoms with Crippen molar-refractivity contribution in [1.82, 2.24) is 15.5 Å². The van der Waals surface area contributed by atoms with E-state index in [2.05, 4.69) is 30.6 Å². The van der Waals surface area contributed by atoms with E-state index in [1.807, 2.05) is 13.8 Å². The fourth-order valence-electron chi connectivity index (χ4n) is 6.85. The molecular weight excluding hydrogens is 446 g/mol. The number of hydrogen-bond acceptors (Lipinski definition) is 6. The Labute approximate surface area is 207 Å². The quantitative estimate of drug-likeness (QED) is 0.473. The maximum Gasteiger partial charge on any atom is 0.244 e. The minimum atomic E-state index is -0.855. The van der Waals surface area contributed by atoms with E-state index in [1.54, 1.807) is 4.90 Å². The number of hydrogen-bond donors (Lipinski definition) is 3. The van der Waals surface area contributed by atoms with E-state index in [0.717, 1.165) is 38.5 Å². The fourth-order valence-corrected chi connectivity index (χ4v) is 6.85. The predicted molar refractivity (Wildman–Crippen MR) is 127 cm³/mol. The number of carbonyl (C=O) groups is 3. The lowest BCUT2D eigenvalue weighted by Crippen LogP contribution is -2.58. The molecule has 3 amide bonds. The normalized spacial score (nSPS) is 35.2. The number of rotatable bonds is 8. The Hall–Kier alpha value is -2.18. The van der Waals surface area contributed by atoms with Gasteiger partial charge in [-0.15, -0.1) is 0 Å². The second-order valence-corrected chi connectivity index (χ2v) is 12.6. The van der Waals surface area contributed by atoms with Crippen molar-refractivity contribution in [3.8, 4) is 6.07 Å². The first kappa shape index (κ1) is 24.5. The van der Waals surface area contributed by atoms with Crippen LogP contribution in [0.2, 0.25) is 0 Å². The van der Waals surface area contributed by atoms with Gasteiger partial charge in [-0.1, -0.05) is 13.8 Å². The summed E-state index contributed by atoms with van der Waals surface area (Å²) >= 11 is 0. The van der Waals surface area contributed by atoms with E-state index in [1.165, 1.54) is 0 Å². The second kappa shape index (κ2) is 8.17. The third kappa shape index (κ3) is 4.23. The molecule has 2 heterocycles. The summed E-state index contributed by atoms with van der Waals surface area (Å²) in [6.45, 7) is 8.59. The van der Waals surface area contributed by atoms with Gasteiger partial charge in [-0.05, 0) is 76.0 Å². The largest absolute Gasteiger partial charge is 0.370 e. The van der Waals surface area contributed by atoms with Crippen molar-refractivity contribution >= 4 is 17.7 Å². The Kier molecular flexibility index (Phi) is 5.72. The third-order valence-electron chi connectivity index (χ3n) is 9.68. The summed E-state index contributed by atoms with van der Waals surface area (Å²) in [6, 6.07) is -0.132. The molecule has 0 unspecified atom stereocenters. The van der Waals surface area contributed by atoms with Crippen LogP contribution < -0.4 is 16.4 Å². The number of fused-ring (bicyclic) bond motifs is 1. The Balaban J connectivity index is 1.25. The average molecular weight is 486 g/mol. The topological polar surface area (TPSA) is 138 Å². The van der Waals surface area contributed by atoms with Gasteiger partial charge in [0, 0.05) is 18.0 Å². The first-order valence-corrected chi connectivity index (χ1v) is 13.2. The van der Waals surface area contributed by atoms with Gasteiger partial charge in [0.25, 0.3) is 0 Å². The number of amides is 3. The molecule has 0 aromatic rings. The van der Waals surface area contributed by atoms with E-state index in [4.69, 9.17) is 10.5 Å². The van der Waals surface area contributed by atoms with Gasteiger partial charge in [-0.2, -0.15) is 5.26 Å². The van der Waals surface area contributed by atoms with Gasteiger partial charge in [-0.25, -0.2) is 0 Å². The highest BCUT2D eigenvalue weighted by Crippen LogP contribution is 2.65. The molecule has 192 valence electrons. The van der Waals surface area contributed by atoms with Gasteiger partial charge in [-0.3, -0.25) is 14.4 Å². The number of likely N-dealkylation sites (tertiary alicyclic amines) is 1. The number of nitrogens with one attached hydrogen (secondary N) is 2. The summed E-state index contributed by atoms with van der Waals surface area (Å²) in [5.41, 5.74) is 6.01. The highest BCUT2D eigenvalue weighted by atomic mass is 16.5. The van der Waals surface area contributed by atoms with Crippen molar-refractivity contribution in [1.29, 1.82) is 5.26 Å². The molecule has 0 aromatic heterocycles. The van der Waals surface area contributed by atoms with Crippen LogP contribution in [0.3, 0.4) is 0 Å². The smallest absolute Gasteiger partial charge is 0.244 e. The van der Waals surface area contributed by atoms with Gasteiger partial charge in [0.15, 0.2) is 0 Å². The molecule has 0 aromatic carbocycles. The number of nitriles is 1. The molecule has 7 atom stereocenters. The first-order valence-electron chi connectivity index (χ1n) is 13.2. The van der Waals surface area contributed by atoms with Crippen LogP contribution in [0.5, 0.6) is 0 Å². The molecule has 0 radical (unpaired) electrons. The van der Waals surface area contributed by atoms with E-state index >= 15 is 0 Å². The molecule has 35 heavy (non-hydrogen) atoms. The van der Waals surface area contributed by atoms with Crippen LogP contribution in [0.15, 0.2) is 0 Å². The van der Waals surface area contributed by atoms with Crippen LogP contribution in [0.4, 0.5) is 0 Å². The molecular formula is C26H39N5O4.